The first-order valence-electron chi connectivity index (χ1n) is 10.6. The maximum absolute atomic E-state index is 12.3. The van der Waals surface area contributed by atoms with Crippen molar-refractivity contribution in [3.8, 4) is 5.75 Å². The van der Waals surface area contributed by atoms with E-state index in [1.54, 1.807) is 12.3 Å². The van der Waals surface area contributed by atoms with Gasteiger partial charge in [-0.25, -0.2) is 0 Å². The predicted molar refractivity (Wildman–Crippen MR) is 122 cm³/mol. The minimum atomic E-state index is -0.0537. The van der Waals surface area contributed by atoms with Gasteiger partial charge in [0.15, 0.2) is 0 Å². The first kappa shape index (κ1) is 20.8. The monoisotopic (exact) mass is 413 g/mol. The second-order valence-electron chi connectivity index (χ2n) is 7.73. The van der Waals surface area contributed by atoms with Crippen LogP contribution in [-0.2, 0) is 17.9 Å². The number of benzene rings is 2. The Morgan fingerprint density at radius 2 is 1.87 bits per heavy atom. The average Bonchev–Trinajstić information content (AvgIpc) is 3.25. The summed E-state index contributed by atoms with van der Waals surface area (Å²) in [5, 5.41) is 3.12. The highest BCUT2D eigenvalue weighted by molar-refractivity contribution is 5.91. The third-order valence-electron chi connectivity index (χ3n) is 5.29. The molecule has 1 amide bonds. The summed E-state index contributed by atoms with van der Waals surface area (Å²) in [4.78, 5) is 18.9. The number of rotatable bonds is 8. The highest BCUT2D eigenvalue weighted by Crippen LogP contribution is 2.15. The summed E-state index contributed by atoms with van der Waals surface area (Å²) in [5.74, 6) is 0.721. The lowest BCUT2D eigenvalue weighted by molar-refractivity contribution is -0.117. The number of pyridine rings is 1. The maximum atomic E-state index is 12.3. The number of ether oxygens (including phenoxy) is 1. The molecular formula is C26H27N3O2. The molecule has 1 atom stereocenters. The number of likely N-dealkylation sites (tertiary alicyclic amines) is 1. The fourth-order valence-corrected chi connectivity index (χ4v) is 3.67. The SMILES string of the molecule is O=C(/C=C/c1ccc(OCc2ccccn2)cc1)N[C@H]1CCN(Cc2ccccc2)C1. The standard InChI is InChI=1S/C26H27N3O2/c30-26(28-23-15-17-29(19-23)18-22-6-2-1-3-7-22)14-11-21-9-12-25(13-10-21)31-20-24-8-4-5-16-27-24/h1-14,16,23H,15,17-20H2,(H,28,30)/b14-11+/t23-/m0/s1. The number of amides is 1. The maximum Gasteiger partial charge on any atom is 0.244 e. The van der Waals surface area contributed by atoms with Gasteiger partial charge in [-0.2, -0.15) is 0 Å². The second-order valence-corrected chi connectivity index (χ2v) is 7.73. The molecule has 31 heavy (non-hydrogen) atoms. The van der Waals surface area contributed by atoms with Crippen LogP contribution < -0.4 is 10.1 Å². The topological polar surface area (TPSA) is 54.5 Å². The smallest absolute Gasteiger partial charge is 0.244 e. The summed E-state index contributed by atoms with van der Waals surface area (Å²) in [5.41, 5.74) is 3.15. The zero-order chi connectivity index (χ0) is 21.3. The molecule has 2 heterocycles. The van der Waals surface area contributed by atoms with Crippen molar-refractivity contribution in [1.82, 2.24) is 15.2 Å². The normalized spacial score (nSPS) is 16.5. The van der Waals surface area contributed by atoms with E-state index in [0.717, 1.165) is 43.1 Å². The quantitative estimate of drug-likeness (QED) is 0.566. The van der Waals surface area contributed by atoms with Crippen LogP contribution >= 0.6 is 0 Å². The number of aromatic nitrogens is 1. The van der Waals surface area contributed by atoms with E-state index in [-0.39, 0.29) is 11.9 Å². The molecule has 1 aliphatic rings. The molecule has 158 valence electrons. The van der Waals surface area contributed by atoms with Crippen molar-refractivity contribution >= 4 is 12.0 Å². The molecular weight excluding hydrogens is 386 g/mol. The van der Waals surface area contributed by atoms with Crippen molar-refractivity contribution in [3.63, 3.8) is 0 Å². The van der Waals surface area contributed by atoms with E-state index in [0.29, 0.717) is 6.61 Å². The van der Waals surface area contributed by atoms with Crippen molar-refractivity contribution in [2.75, 3.05) is 13.1 Å². The highest BCUT2D eigenvalue weighted by atomic mass is 16.5. The minimum Gasteiger partial charge on any atom is -0.487 e. The summed E-state index contributed by atoms with van der Waals surface area (Å²) in [6.45, 7) is 3.25. The van der Waals surface area contributed by atoms with Gasteiger partial charge in [-0.1, -0.05) is 48.5 Å². The molecule has 0 bridgehead atoms. The largest absolute Gasteiger partial charge is 0.487 e. The number of hydrogen-bond donors (Lipinski definition) is 1. The van der Waals surface area contributed by atoms with Gasteiger partial charge in [0.2, 0.25) is 5.91 Å². The molecule has 1 N–H and O–H groups in total. The van der Waals surface area contributed by atoms with Crippen LogP contribution in [-0.4, -0.2) is 34.9 Å². The Hall–Kier alpha value is -3.44. The van der Waals surface area contributed by atoms with E-state index in [1.807, 2.05) is 54.6 Å². The molecule has 1 fully saturated rings. The van der Waals surface area contributed by atoms with E-state index in [9.17, 15) is 4.79 Å². The zero-order valence-electron chi connectivity index (χ0n) is 17.5. The predicted octanol–water partition coefficient (Wildman–Crippen LogP) is 4.06. The fourth-order valence-electron chi connectivity index (χ4n) is 3.67. The van der Waals surface area contributed by atoms with Crippen molar-refractivity contribution in [2.24, 2.45) is 0 Å². The van der Waals surface area contributed by atoms with E-state index in [4.69, 9.17) is 4.74 Å². The molecule has 0 spiro atoms. The molecule has 0 radical (unpaired) electrons. The van der Waals surface area contributed by atoms with Crippen LogP contribution in [0.2, 0.25) is 0 Å². The van der Waals surface area contributed by atoms with Crippen LogP contribution in [0.15, 0.2) is 85.1 Å². The van der Waals surface area contributed by atoms with Gasteiger partial charge in [0.05, 0.1) is 5.69 Å². The highest BCUT2D eigenvalue weighted by Gasteiger charge is 2.23. The lowest BCUT2D eigenvalue weighted by atomic mass is 10.2. The number of carbonyl (C=O) groups is 1. The van der Waals surface area contributed by atoms with Gasteiger partial charge in [-0.3, -0.25) is 14.7 Å². The molecule has 0 saturated carbocycles. The molecule has 0 unspecified atom stereocenters. The molecule has 2 aromatic carbocycles. The van der Waals surface area contributed by atoms with E-state index >= 15 is 0 Å². The molecule has 1 aliphatic heterocycles. The van der Waals surface area contributed by atoms with Gasteiger partial charge in [-0.05, 0) is 47.9 Å². The van der Waals surface area contributed by atoms with Crippen LogP contribution in [0.3, 0.4) is 0 Å². The Morgan fingerprint density at radius 3 is 2.65 bits per heavy atom. The number of nitrogens with one attached hydrogen (secondary N) is 1. The third-order valence-corrected chi connectivity index (χ3v) is 5.29. The van der Waals surface area contributed by atoms with Crippen LogP contribution in [0.1, 0.15) is 23.2 Å². The van der Waals surface area contributed by atoms with E-state index in [1.165, 1.54) is 5.56 Å². The van der Waals surface area contributed by atoms with E-state index in [2.05, 4.69) is 39.5 Å². The molecule has 0 aliphatic carbocycles. The summed E-state index contributed by atoms with van der Waals surface area (Å²) < 4.78 is 5.74. The van der Waals surface area contributed by atoms with Gasteiger partial charge in [0.25, 0.3) is 0 Å². The lowest BCUT2D eigenvalue weighted by Crippen LogP contribution is -2.35. The summed E-state index contributed by atoms with van der Waals surface area (Å²) in [6, 6.07) is 24.1. The van der Waals surface area contributed by atoms with Crippen molar-refractivity contribution in [2.45, 2.75) is 25.6 Å². The molecule has 5 nitrogen and oxygen atoms in total. The van der Waals surface area contributed by atoms with Gasteiger partial charge in [0.1, 0.15) is 12.4 Å². The zero-order valence-corrected chi connectivity index (χ0v) is 17.5. The second kappa shape index (κ2) is 10.5. The average molecular weight is 414 g/mol. The van der Waals surface area contributed by atoms with Crippen molar-refractivity contribution in [3.05, 3.63) is 102 Å². The summed E-state index contributed by atoms with van der Waals surface area (Å²) >= 11 is 0. The summed E-state index contributed by atoms with van der Waals surface area (Å²) in [6.07, 6.45) is 6.16. The molecule has 1 saturated heterocycles. The summed E-state index contributed by atoms with van der Waals surface area (Å²) in [7, 11) is 0. The van der Waals surface area contributed by atoms with Gasteiger partial charge in [0, 0.05) is 37.9 Å². The van der Waals surface area contributed by atoms with Crippen molar-refractivity contribution in [1.29, 1.82) is 0 Å². The fraction of sp³-hybridized carbons (Fsp3) is 0.231. The number of hydrogen-bond acceptors (Lipinski definition) is 4. The Labute approximate surface area is 183 Å². The van der Waals surface area contributed by atoms with E-state index < -0.39 is 0 Å². The van der Waals surface area contributed by atoms with Crippen molar-refractivity contribution < 1.29 is 9.53 Å². The molecule has 5 heteroatoms. The number of nitrogens with zero attached hydrogens (tertiary/aromatic N) is 2. The lowest BCUT2D eigenvalue weighted by Gasteiger charge is -2.16. The van der Waals surface area contributed by atoms with Crippen LogP contribution in [0.4, 0.5) is 0 Å². The minimum absolute atomic E-state index is 0.0537. The molecule has 4 rings (SSSR count). The Morgan fingerprint density at radius 1 is 1.06 bits per heavy atom. The first-order chi connectivity index (χ1) is 15.2. The molecule has 1 aromatic heterocycles. The van der Waals surface area contributed by atoms with Gasteiger partial charge >= 0.3 is 0 Å². The van der Waals surface area contributed by atoms with Crippen LogP contribution in [0, 0.1) is 0 Å². The Bertz CT molecular complexity index is 988. The first-order valence-corrected chi connectivity index (χ1v) is 10.6. The Kier molecular flexibility index (Phi) is 7.08. The third kappa shape index (κ3) is 6.52. The molecule has 3 aromatic rings. The number of carbonyl (C=O) groups excluding carboxylic acids is 1. The Balaban J connectivity index is 1.21. The van der Waals surface area contributed by atoms with Crippen LogP contribution in [0.25, 0.3) is 6.08 Å². The van der Waals surface area contributed by atoms with Crippen LogP contribution in [0.5, 0.6) is 5.75 Å². The van der Waals surface area contributed by atoms with Gasteiger partial charge in [-0.15, -0.1) is 0 Å². The van der Waals surface area contributed by atoms with Gasteiger partial charge < -0.3 is 10.1 Å².